The van der Waals surface area contributed by atoms with Gasteiger partial charge in [-0.3, -0.25) is 9.59 Å². The van der Waals surface area contributed by atoms with Crippen molar-refractivity contribution in [3.8, 4) is 5.75 Å². The Bertz CT molecular complexity index is 1540. The zero-order valence-corrected chi connectivity index (χ0v) is 20.9. The van der Waals surface area contributed by atoms with Crippen LogP contribution in [0.5, 0.6) is 5.75 Å². The number of halogens is 1. The Kier molecular flexibility index (Phi) is 6.84. The number of nitrogens with zero attached hydrogens (tertiary/aromatic N) is 1. The summed E-state index contributed by atoms with van der Waals surface area (Å²) < 4.78 is 5.36. The average molecular weight is 513 g/mol. The molecule has 4 aromatic rings. The molecule has 1 aromatic heterocycles. The fourth-order valence-corrected chi connectivity index (χ4v) is 4.95. The summed E-state index contributed by atoms with van der Waals surface area (Å²) in [5, 5.41) is 12.3. The molecule has 1 amide bonds. The van der Waals surface area contributed by atoms with Gasteiger partial charge in [-0.1, -0.05) is 66.2 Å². The highest BCUT2D eigenvalue weighted by molar-refractivity contribution is 6.31. The van der Waals surface area contributed by atoms with Crippen LogP contribution in [0, 0.1) is 0 Å². The second-order valence-electron chi connectivity index (χ2n) is 8.77. The van der Waals surface area contributed by atoms with Crippen molar-refractivity contribution in [1.82, 2.24) is 9.88 Å². The van der Waals surface area contributed by atoms with Crippen LogP contribution in [0.1, 0.15) is 22.7 Å². The van der Waals surface area contributed by atoms with Crippen molar-refractivity contribution >= 4 is 40.3 Å². The Balaban J connectivity index is 1.48. The van der Waals surface area contributed by atoms with E-state index in [-0.39, 0.29) is 12.1 Å². The molecule has 0 aliphatic carbocycles. The van der Waals surface area contributed by atoms with Gasteiger partial charge in [0.15, 0.2) is 11.5 Å². The van der Waals surface area contributed by atoms with Gasteiger partial charge in [0, 0.05) is 28.7 Å². The number of H-pyrrole nitrogens is 1. The average Bonchev–Trinajstić information content (AvgIpc) is 3.44. The van der Waals surface area contributed by atoms with Crippen LogP contribution in [0.3, 0.4) is 0 Å². The molecule has 2 heterocycles. The number of nitrogens with one attached hydrogen (secondary N) is 1. The van der Waals surface area contributed by atoms with Gasteiger partial charge in [0.05, 0.1) is 18.7 Å². The lowest BCUT2D eigenvalue weighted by Crippen LogP contribution is -2.33. The van der Waals surface area contributed by atoms with Gasteiger partial charge >= 0.3 is 0 Å². The van der Waals surface area contributed by atoms with Gasteiger partial charge in [-0.05, 0) is 53.5 Å². The number of allylic oxidation sites excluding steroid dienone is 1. The van der Waals surface area contributed by atoms with E-state index in [9.17, 15) is 14.7 Å². The summed E-state index contributed by atoms with van der Waals surface area (Å²) >= 11 is 6.53. The van der Waals surface area contributed by atoms with E-state index < -0.39 is 23.5 Å². The normalized spacial score (nSPS) is 15.8. The first kappa shape index (κ1) is 24.4. The Morgan fingerprint density at radius 2 is 1.86 bits per heavy atom. The van der Waals surface area contributed by atoms with E-state index in [2.05, 4.69) is 4.98 Å². The first-order valence-electron chi connectivity index (χ1n) is 11.9. The summed E-state index contributed by atoms with van der Waals surface area (Å²) in [6, 6.07) is 21.4. The van der Waals surface area contributed by atoms with Crippen molar-refractivity contribution in [3.63, 3.8) is 0 Å². The zero-order chi connectivity index (χ0) is 25.9. The third-order valence-corrected chi connectivity index (χ3v) is 6.94. The highest BCUT2D eigenvalue weighted by atomic mass is 35.5. The van der Waals surface area contributed by atoms with Gasteiger partial charge in [-0.25, -0.2) is 0 Å². The number of benzene rings is 3. The van der Waals surface area contributed by atoms with Crippen molar-refractivity contribution in [2.45, 2.75) is 12.5 Å². The molecule has 3 aromatic carbocycles. The molecular formula is C30H25ClN2O4. The number of carbonyl (C=O) groups is 2. The number of aromatic nitrogens is 1. The lowest BCUT2D eigenvalue weighted by Gasteiger charge is -2.27. The van der Waals surface area contributed by atoms with Crippen molar-refractivity contribution in [3.05, 3.63) is 118 Å². The van der Waals surface area contributed by atoms with Crippen molar-refractivity contribution < 1.29 is 19.4 Å². The zero-order valence-electron chi connectivity index (χ0n) is 20.1. The highest BCUT2D eigenvalue weighted by Gasteiger charge is 2.43. The van der Waals surface area contributed by atoms with Crippen LogP contribution < -0.4 is 4.74 Å². The molecule has 0 bridgehead atoms. The molecule has 7 heteroatoms. The number of ketones is 1. The molecule has 186 valence electrons. The molecule has 37 heavy (non-hydrogen) atoms. The molecule has 6 nitrogen and oxygen atoms in total. The molecule has 5 rings (SSSR count). The predicted octanol–water partition coefficient (Wildman–Crippen LogP) is 6.05. The summed E-state index contributed by atoms with van der Waals surface area (Å²) in [5.41, 5.74) is 3.38. The summed E-state index contributed by atoms with van der Waals surface area (Å²) in [4.78, 5) is 31.4. The summed E-state index contributed by atoms with van der Waals surface area (Å²) in [7, 11) is 1.61. The van der Waals surface area contributed by atoms with E-state index in [1.165, 1.54) is 11.0 Å². The second-order valence-corrected chi connectivity index (χ2v) is 9.18. The Labute approximate surface area is 219 Å². The molecule has 0 radical (unpaired) electrons. The van der Waals surface area contributed by atoms with Crippen LogP contribution in [-0.4, -0.2) is 40.3 Å². The molecule has 0 saturated carbocycles. The number of fused-ring (bicyclic) bond motifs is 1. The monoisotopic (exact) mass is 512 g/mol. The Morgan fingerprint density at radius 1 is 1.11 bits per heavy atom. The minimum absolute atomic E-state index is 0.0193. The van der Waals surface area contributed by atoms with Crippen LogP contribution in [0.25, 0.3) is 17.0 Å². The number of hydrogen-bond acceptors (Lipinski definition) is 4. The number of amides is 1. The molecule has 1 atom stereocenters. The minimum atomic E-state index is -0.811. The fourth-order valence-electron chi connectivity index (χ4n) is 4.71. The quantitative estimate of drug-likeness (QED) is 0.281. The molecule has 1 aliphatic heterocycles. The van der Waals surface area contributed by atoms with E-state index in [4.69, 9.17) is 16.3 Å². The van der Waals surface area contributed by atoms with E-state index >= 15 is 0 Å². The van der Waals surface area contributed by atoms with Crippen LogP contribution in [0.15, 0.2) is 96.4 Å². The smallest absolute Gasteiger partial charge is 0.290 e. The van der Waals surface area contributed by atoms with Gasteiger partial charge in [0.25, 0.3) is 5.91 Å². The standard InChI is InChI=1S/C30H25ClN2O4/c1-37-21-12-13-25-23(17-21)20(18-32-25)15-16-33-28(22-9-5-6-10-24(22)31)27(29(35)30(33)36)26(34)14-11-19-7-3-2-4-8-19/h2-14,17-18,28,32,35H,15-16H2,1H3/b14-11+/t28-/m1/s1. The number of rotatable bonds is 8. The second kappa shape index (κ2) is 10.4. The maximum atomic E-state index is 13.3. The first-order chi connectivity index (χ1) is 18.0. The van der Waals surface area contributed by atoms with E-state index in [0.29, 0.717) is 17.0 Å². The number of aliphatic hydroxyl groups is 1. The number of hydrogen-bond donors (Lipinski definition) is 2. The summed E-state index contributed by atoms with van der Waals surface area (Å²) in [6.45, 7) is 0.266. The number of methoxy groups -OCH3 is 1. The molecule has 0 spiro atoms. The molecule has 0 unspecified atom stereocenters. The molecule has 0 fully saturated rings. The van der Waals surface area contributed by atoms with Crippen LogP contribution in [-0.2, 0) is 16.0 Å². The van der Waals surface area contributed by atoms with Crippen LogP contribution in [0.4, 0.5) is 0 Å². The van der Waals surface area contributed by atoms with Crippen molar-refractivity contribution in [1.29, 1.82) is 0 Å². The van der Waals surface area contributed by atoms with Crippen molar-refractivity contribution in [2.75, 3.05) is 13.7 Å². The molecule has 2 N–H and O–H groups in total. The fraction of sp³-hybridized carbons (Fsp3) is 0.133. The van der Waals surface area contributed by atoms with Gasteiger partial charge in [0.2, 0.25) is 0 Å². The number of aromatic amines is 1. The lowest BCUT2D eigenvalue weighted by molar-refractivity contribution is -0.129. The van der Waals surface area contributed by atoms with E-state index in [1.54, 1.807) is 37.5 Å². The van der Waals surface area contributed by atoms with E-state index in [1.807, 2.05) is 54.7 Å². The predicted molar refractivity (Wildman–Crippen MR) is 145 cm³/mol. The largest absolute Gasteiger partial charge is 0.503 e. The van der Waals surface area contributed by atoms with Crippen LogP contribution >= 0.6 is 11.6 Å². The third-order valence-electron chi connectivity index (χ3n) is 6.59. The number of carbonyl (C=O) groups excluding carboxylic acids is 2. The molecule has 0 saturated heterocycles. The van der Waals surface area contributed by atoms with Gasteiger partial charge in [-0.2, -0.15) is 0 Å². The number of aliphatic hydroxyl groups excluding tert-OH is 1. The summed E-state index contributed by atoms with van der Waals surface area (Å²) in [6.07, 6.45) is 5.44. The van der Waals surface area contributed by atoms with Gasteiger partial charge in [0.1, 0.15) is 5.75 Å². The third kappa shape index (κ3) is 4.76. The van der Waals surface area contributed by atoms with Crippen LogP contribution in [0.2, 0.25) is 5.02 Å². The molecular weight excluding hydrogens is 488 g/mol. The maximum Gasteiger partial charge on any atom is 0.290 e. The van der Waals surface area contributed by atoms with Gasteiger partial charge in [-0.15, -0.1) is 0 Å². The molecule has 1 aliphatic rings. The summed E-state index contributed by atoms with van der Waals surface area (Å²) in [5.74, 6) is -0.858. The lowest BCUT2D eigenvalue weighted by atomic mass is 9.95. The SMILES string of the molecule is COc1ccc2[nH]cc(CCN3C(=O)C(O)=C(C(=O)/C=C/c4ccccc4)[C@H]3c3ccccc3Cl)c2c1. The van der Waals surface area contributed by atoms with E-state index in [0.717, 1.165) is 27.8 Å². The Morgan fingerprint density at radius 3 is 2.62 bits per heavy atom. The number of ether oxygens (including phenoxy) is 1. The highest BCUT2D eigenvalue weighted by Crippen LogP contribution is 2.41. The Hall–Kier alpha value is -4.29. The van der Waals surface area contributed by atoms with Gasteiger partial charge < -0.3 is 19.7 Å². The minimum Gasteiger partial charge on any atom is -0.503 e. The first-order valence-corrected chi connectivity index (χ1v) is 12.3. The topological polar surface area (TPSA) is 82.6 Å². The van der Waals surface area contributed by atoms with Crippen molar-refractivity contribution in [2.24, 2.45) is 0 Å². The maximum absolute atomic E-state index is 13.3.